The molecule has 0 saturated heterocycles. The minimum Gasteiger partial charge on any atom is -0.455 e. The Labute approximate surface area is 169 Å². The van der Waals surface area contributed by atoms with Gasteiger partial charge in [-0.2, -0.15) is 0 Å². The van der Waals surface area contributed by atoms with Crippen LogP contribution >= 0.6 is 23.1 Å². The van der Waals surface area contributed by atoms with E-state index >= 15 is 0 Å². The van der Waals surface area contributed by atoms with Crippen LogP contribution < -0.4 is 5.32 Å². The number of benzene rings is 2. The zero-order chi connectivity index (χ0) is 19.3. The van der Waals surface area contributed by atoms with E-state index in [0.717, 1.165) is 26.0 Å². The molecule has 8 heteroatoms. The highest BCUT2D eigenvalue weighted by molar-refractivity contribution is 8.00. The second-order valence-electron chi connectivity index (χ2n) is 5.88. The number of amides is 1. The average Bonchev–Trinajstić information content (AvgIpc) is 3.20. The SMILES string of the molecule is O=C(COC(=O)CSc1ncnc2sccc12)Nc1ccc2ccccc2c1. The number of anilines is 1. The number of hydrogen-bond donors (Lipinski definition) is 1. The van der Waals surface area contributed by atoms with Crippen molar-refractivity contribution in [1.82, 2.24) is 9.97 Å². The number of ether oxygens (including phenoxy) is 1. The quantitative estimate of drug-likeness (QED) is 0.293. The number of aromatic nitrogens is 2. The molecule has 1 N–H and O–H groups in total. The van der Waals surface area contributed by atoms with E-state index in [9.17, 15) is 9.59 Å². The van der Waals surface area contributed by atoms with Crippen LogP contribution in [-0.2, 0) is 14.3 Å². The summed E-state index contributed by atoms with van der Waals surface area (Å²) in [5.41, 5.74) is 0.662. The molecule has 4 rings (SSSR count). The van der Waals surface area contributed by atoms with Gasteiger partial charge in [0, 0.05) is 11.1 Å². The van der Waals surface area contributed by atoms with Gasteiger partial charge in [-0.1, -0.05) is 42.1 Å². The van der Waals surface area contributed by atoms with E-state index in [0.29, 0.717) is 5.69 Å². The molecule has 0 bridgehead atoms. The van der Waals surface area contributed by atoms with Crippen molar-refractivity contribution in [1.29, 1.82) is 0 Å². The van der Waals surface area contributed by atoms with Gasteiger partial charge in [0.05, 0.1) is 5.75 Å². The first kappa shape index (κ1) is 18.4. The Morgan fingerprint density at radius 2 is 1.93 bits per heavy atom. The van der Waals surface area contributed by atoms with Crippen LogP contribution in [0.4, 0.5) is 5.69 Å². The number of hydrogen-bond acceptors (Lipinski definition) is 7. The Morgan fingerprint density at radius 3 is 2.82 bits per heavy atom. The minimum absolute atomic E-state index is 0.0746. The van der Waals surface area contributed by atoms with Crippen molar-refractivity contribution < 1.29 is 14.3 Å². The Morgan fingerprint density at radius 1 is 1.07 bits per heavy atom. The molecule has 0 spiro atoms. The van der Waals surface area contributed by atoms with E-state index in [1.807, 2.05) is 53.9 Å². The van der Waals surface area contributed by atoms with Gasteiger partial charge in [0.25, 0.3) is 5.91 Å². The molecule has 0 aliphatic heterocycles. The second kappa shape index (κ2) is 8.37. The summed E-state index contributed by atoms with van der Waals surface area (Å²) in [5, 5.41) is 8.43. The van der Waals surface area contributed by atoms with Crippen molar-refractivity contribution in [3.05, 3.63) is 60.2 Å². The third-order valence-electron chi connectivity index (χ3n) is 3.95. The predicted octanol–water partition coefficient (Wildman–Crippen LogP) is 4.12. The highest BCUT2D eigenvalue weighted by Crippen LogP contribution is 2.27. The number of carbonyl (C=O) groups excluding carboxylic acids is 2. The fourth-order valence-electron chi connectivity index (χ4n) is 2.66. The molecule has 6 nitrogen and oxygen atoms in total. The standard InChI is InChI=1S/C20H15N3O3S2/c24-17(23-15-6-5-13-3-1-2-4-14(13)9-15)10-26-18(25)11-28-20-16-7-8-27-19(16)21-12-22-20/h1-9,12H,10-11H2,(H,23,24). The molecule has 0 atom stereocenters. The number of fused-ring (bicyclic) bond motifs is 2. The van der Waals surface area contributed by atoms with Crippen molar-refractivity contribution >= 4 is 61.7 Å². The number of nitrogens with one attached hydrogen (secondary N) is 1. The van der Waals surface area contributed by atoms with E-state index in [-0.39, 0.29) is 18.3 Å². The summed E-state index contributed by atoms with van der Waals surface area (Å²) in [6.07, 6.45) is 1.48. The van der Waals surface area contributed by atoms with E-state index in [1.165, 1.54) is 29.4 Å². The number of carbonyl (C=O) groups is 2. The molecule has 0 aliphatic rings. The van der Waals surface area contributed by atoms with Crippen LogP contribution in [0.2, 0.25) is 0 Å². The molecule has 4 aromatic rings. The molecule has 1 amide bonds. The summed E-state index contributed by atoms with van der Waals surface area (Å²) in [4.78, 5) is 33.3. The fourth-order valence-corrected chi connectivity index (χ4v) is 4.24. The minimum atomic E-state index is -0.472. The molecular formula is C20H15N3O3S2. The Hall–Kier alpha value is -2.97. The van der Waals surface area contributed by atoms with Crippen LogP contribution in [0.25, 0.3) is 21.0 Å². The summed E-state index contributed by atoms with van der Waals surface area (Å²) >= 11 is 2.79. The molecule has 0 radical (unpaired) electrons. The summed E-state index contributed by atoms with van der Waals surface area (Å²) < 4.78 is 5.07. The predicted molar refractivity (Wildman–Crippen MR) is 112 cm³/mol. The Balaban J connectivity index is 1.28. The molecular weight excluding hydrogens is 394 g/mol. The number of rotatable bonds is 6. The smallest absolute Gasteiger partial charge is 0.316 e. The van der Waals surface area contributed by atoms with E-state index in [1.54, 1.807) is 0 Å². The highest BCUT2D eigenvalue weighted by Gasteiger charge is 2.11. The first-order chi connectivity index (χ1) is 13.7. The third-order valence-corrected chi connectivity index (χ3v) is 5.75. The van der Waals surface area contributed by atoms with Crippen molar-refractivity contribution in [2.75, 3.05) is 17.7 Å². The lowest BCUT2D eigenvalue weighted by atomic mass is 10.1. The van der Waals surface area contributed by atoms with Gasteiger partial charge in [-0.3, -0.25) is 9.59 Å². The molecule has 2 aromatic carbocycles. The van der Waals surface area contributed by atoms with Crippen molar-refractivity contribution in [2.45, 2.75) is 5.03 Å². The maximum absolute atomic E-state index is 12.1. The monoisotopic (exact) mass is 409 g/mol. The highest BCUT2D eigenvalue weighted by atomic mass is 32.2. The molecule has 0 saturated carbocycles. The van der Waals surface area contributed by atoms with Crippen molar-refractivity contribution in [2.24, 2.45) is 0 Å². The van der Waals surface area contributed by atoms with Gasteiger partial charge >= 0.3 is 5.97 Å². The summed E-state index contributed by atoms with van der Waals surface area (Å²) in [5.74, 6) is -0.776. The van der Waals surface area contributed by atoms with E-state index < -0.39 is 5.97 Å². The van der Waals surface area contributed by atoms with E-state index in [4.69, 9.17) is 4.74 Å². The first-order valence-corrected chi connectivity index (χ1v) is 10.3. The number of nitrogens with zero attached hydrogens (tertiary/aromatic N) is 2. The van der Waals surface area contributed by atoms with E-state index in [2.05, 4.69) is 15.3 Å². The topological polar surface area (TPSA) is 81.2 Å². The molecule has 28 heavy (non-hydrogen) atoms. The van der Waals surface area contributed by atoms with Crippen LogP contribution in [0, 0.1) is 0 Å². The normalized spacial score (nSPS) is 10.9. The van der Waals surface area contributed by atoms with Gasteiger partial charge in [-0.05, 0) is 34.4 Å². The lowest BCUT2D eigenvalue weighted by molar-refractivity contribution is -0.144. The Bertz CT molecular complexity index is 1160. The maximum Gasteiger partial charge on any atom is 0.316 e. The van der Waals surface area contributed by atoms with Crippen LogP contribution in [0.3, 0.4) is 0 Å². The molecule has 2 heterocycles. The summed E-state index contributed by atoms with van der Waals surface area (Å²) in [6, 6.07) is 15.4. The molecule has 0 unspecified atom stereocenters. The van der Waals surface area contributed by atoms with Gasteiger partial charge < -0.3 is 10.1 Å². The van der Waals surface area contributed by atoms with Gasteiger partial charge in [0.2, 0.25) is 0 Å². The lowest BCUT2D eigenvalue weighted by Gasteiger charge is -2.08. The average molecular weight is 409 g/mol. The number of thiophene rings is 1. The molecule has 140 valence electrons. The van der Waals surface area contributed by atoms with Gasteiger partial charge in [-0.15, -0.1) is 11.3 Å². The fraction of sp³-hybridized carbons (Fsp3) is 0.100. The van der Waals surface area contributed by atoms with Crippen LogP contribution in [0.1, 0.15) is 0 Å². The van der Waals surface area contributed by atoms with Crippen LogP contribution in [0.15, 0.2) is 65.3 Å². The van der Waals surface area contributed by atoms with Gasteiger partial charge in [-0.25, -0.2) is 9.97 Å². The summed E-state index contributed by atoms with van der Waals surface area (Å²) in [6.45, 7) is -0.330. The number of esters is 1. The lowest BCUT2D eigenvalue weighted by Crippen LogP contribution is -2.21. The number of thioether (sulfide) groups is 1. The van der Waals surface area contributed by atoms with Crippen molar-refractivity contribution in [3.8, 4) is 0 Å². The van der Waals surface area contributed by atoms with Gasteiger partial charge in [0.1, 0.15) is 16.2 Å². The Kier molecular flexibility index (Phi) is 5.50. The largest absolute Gasteiger partial charge is 0.455 e. The summed E-state index contributed by atoms with van der Waals surface area (Å²) in [7, 11) is 0. The van der Waals surface area contributed by atoms with Crippen LogP contribution in [0.5, 0.6) is 0 Å². The molecule has 2 aromatic heterocycles. The zero-order valence-corrected chi connectivity index (χ0v) is 16.3. The second-order valence-corrected chi connectivity index (χ2v) is 7.74. The van der Waals surface area contributed by atoms with Gasteiger partial charge in [0.15, 0.2) is 6.61 Å². The van der Waals surface area contributed by atoms with Crippen LogP contribution in [-0.4, -0.2) is 34.2 Å². The molecule has 0 aliphatic carbocycles. The zero-order valence-electron chi connectivity index (χ0n) is 14.6. The third kappa shape index (κ3) is 4.29. The molecule has 0 fully saturated rings. The first-order valence-electron chi connectivity index (χ1n) is 8.44. The maximum atomic E-state index is 12.1. The van der Waals surface area contributed by atoms with Crippen molar-refractivity contribution in [3.63, 3.8) is 0 Å².